The number of sulfonamides is 1. The molecule has 0 atom stereocenters. The number of fused-ring (bicyclic) bond motifs is 1. The van der Waals surface area contributed by atoms with Gasteiger partial charge in [-0.05, 0) is 65.1 Å². The van der Waals surface area contributed by atoms with Gasteiger partial charge in [0.2, 0.25) is 5.91 Å². The number of carbonyl (C=O) groups is 2. The Labute approximate surface area is 205 Å². The Hall–Kier alpha value is -3.91. The SMILES string of the molecule is CC(=O)Nc1ccc(/C=C2/C(=O)Nc3ccc(S(=O)(=O)Nc4ccc(C(C)(C)C)cc4)cc32)cc1. The van der Waals surface area contributed by atoms with Gasteiger partial charge in [0.1, 0.15) is 0 Å². The van der Waals surface area contributed by atoms with Gasteiger partial charge in [0.05, 0.1) is 4.90 Å². The summed E-state index contributed by atoms with van der Waals surface area (Å²) in [5.41, 5.74) is 4.32. The minimum atomic E-state index is -3.87. The van der Waals surface area contributed by atoms with Gasteiger partial charge in [-0.3, -0.25) is 14.3 Å². The third-order valence-corrected chi connectivity index (χ3v) is 7.01. The van der Waals surface area contributed by atoms with Crippen LogP contribution >= 0.6 is 0 Å². The molecule has 1 aliphatic heterocycles. The normalized spacial score (nSPS) is 14.4. The lowest BCUT2D eigenvalue weighted by Gasteiger charge is -2.19. The summed E-state index contributed by atoms with van der Waals surface area (Å²) in [6.45, 7) is 7.70. The number of hydrogen-bond donors (Lipinski definition) is 3. The van der Waals surface area contributed by atoms with Crippen LogP contribution in [0.4, 0.5) is 17.1 Å². The topological polar surface area (TPSA) is 104 Å². The zero-order valence-corrected chi connectivity index (χ0v) is 20.8. The van der Waals surface area contributed by atoms with Crippen LogP contribution in [0.2, 0.25) is 0 Å². The van der Waals surface area contributed by atoms with Crippen molar-refractivity contribution in [2.75, 3.05) is 15.4 Å². The molecule has 8 heteroatoms. The van der Waals surface area contributed by atoms with Gasteiger partial charge < -0.3 is 10.6 Å². The van der Waals surface area contributed by atoms with Crippen molar-refractivity contribution in [3.05, 3.63) is 83.4 Å². The first-order chi connectivity index (χ1) is 16.4. The molecule has 0 aromatic heterocycles. The molecule has 1 heterocycles. The standard InChI is InChI=1S/C27H27N3O4S/c1-17(31)28-20-9-5-18(6-10-20)15-24-23-16-22(13-14-25(23)29-26(24)32)35(33,34)30-21-11-7-19(8-12-21)27(2,3)4/h5-16,30H,1-4H3,(H,28,31)(H,29,32)/b24-15+. The molecule has 0 saturated heterocycles. The van der Waals surface area contributed by atoms with Crippen LogP contribution in [0, 0.1) is 0 Å². The van der Waals surface area contributed by atoms with Crippen molar-refractivity contribution in [3.8, 4) is 0 Å². The summed E-state index contributed by atoms with van der Waals surface area (Å²) in [6.07, 6.45) is 1.69. The molecule has 0 aliphatic carbocycles. The smallest absolute Gasteiger partial charge is 0.261 e. The van der Waals surface area contributed by atoms with Gasteiger partial charge in [0, 0.05) is 35.1 Å². The van der Waals surface area contributed by atoms with Gasteiger partial charge in [-0.15, -0.1) is 0 Å². The van der Waals surface area contributed by atoms with E-state index in [4.69, 9.17) is 0 Å². The molecule has 0 fully saturated rings. The minimum absolute atomic E-state index is 0.0378. The first-order valence-corrected chi connectivity index (χ1v) is 12.6. The minimum Gasteiger partial charge on any atom is -0.326 e. The lowest BCUT2D eigenvalue weighted by molar-refractivity contribution is -0.114. The van der Waals surface area contributed by atoms with Crippen molar-refractivity contribution < 1.29 is 18.0 Å². The number of anilines is 3. The number of hydrogen-bond acceptors (Lipinski definition) is 4. The van der Waals surface area contributed by atoms with E-state index in [1.54, 1.807) is 48.5 Å². The van der Waals surface area contributed by atoms with Crippen LogP contribution in [-0.2, 0) is 25.0 Å². The van der Waals surface area contributed by atoms with Crippen molar-refractivity contribution >= 4 is 50.5 Å². The molecule has 4 rings (SSSR count). The van der Waals surface area contributed by atoms with E-state index >= 15 is 0 Å². The summed E-state index contributed by atoms with van der Waals surface area (Å²) >= 11 is 0. The Kier molecular flexibility index (Phi) is 6.25. The molecule has 0 bridgehead atoms. The molecule has 3 N–H and O–H groups in total. The molecule has 1 aliphatic rings. The maximum absolute atomic E-state index is 13.1. The summed E-state index contributed by atoms with van der Waals surface area (Å²) in [5, 5.41) is 5.47. The molecule has 180 valence electrons. The van der Waals surface area contributed by atoms with E-state index in [1.165, 1.54) is 19.1 Å². The predicted molar refractivity (Wildman–Crippen MR) is 140 cm³/mol. The molecule has 35 heavy (non-hydrogen) atoms. The molecule has 0 spiro atoms. The lowest BCUT2D eigenvalue weighted by Crippen LogP contribution is -2.14. The summed E-state index contributed by atoms with van der Waals surface area (Å²) in [5.74, 6) is -0.487. The Morgan fingerprint density at radius 1 is 0.914 bits per heavy atom. The number of benzene rings is 3. The highest BCUT2D eigenvalue weighted by Crippen LogP contribution is 2.35. The fourth-order valence-electron chi connectivity index (χ4n) is 3.76. The van der Waals surface area contributed by atoms with Crippen molar-refractivity contribution in [1.82, 2.24) is 0 Å². The van der Waals surface area contributed by atoms with Crippen molar-refractivity contribution in [2.45, 2.75) is 38.0 Å². The molecule has 7 nitrogen and oxygen atoms in total. The largest absolute Gasteiger partial charge is 0.326 e. The fourth-order valence-corrected chi connectivity index (χ4v) is 4.85. The summed E-state index contributed by atoms with van der Waals surface area (Å²) < 4.78 is 28.8. The van der Waals surface area contributed by atoms with Gasteiger partial charge in [-0.1, -0.05) is 45.0 Å². The highest BCUT2D eigenvalue weighted by atomic mass is 32.2. The van der Waals surface area contributed by atoms with Crippen LogP contribution in [-0.4, -0.2) is 20.2 Å². The number of rotatable bonds is 5. The summed E-state index contributed by atoms with van der Waals surface area (Å²) in [6, 6.07) is 18.9. The molecule has 2 amide bonds. The third-order valence-electron chi connectivity index (χ3n) is 5.63. The molecule has 3 aromatic rings. The van der Waals surface area contributed by atoms with Crippen LogP contribution in [0.15, 0.2) is 71.6 Å². The van der Waals surface area contributed by atoms with E-state index in [9.17, 15) is 18.0 Å². The molecule has 0 unspecified atom stereocenters. The second-order valence-corrected chi connectivity index (χ2v) is 11.1. The van der Waals surface area contributed by atoms with E-state index in [-0.39, 0.29) is 22.1 Å². The molecule has 0 saturated carbocycles. The van der Waals surface area contributed by atoms with Crippen LogP contribution < -0.4 is 15.4 Å². The second-order valence-electron chi connectivity index (χ2n) is 9.46. The number of carbonyl (C=O) groups excluding carboxylic acids is 2. The highest BCUT2D eigenvalue weighted by Gasteiger charge is 2.27. The first-order valence-electron chi connectivity index (χ1n) is 11.1. The second kappa shape index (κ2) is 9.03. The monoisotopic (exact) mass is 489 g/mol. The van der Waals surface area contributed by atoms with Crippen LogP contribution in [0.5, 0.6) is 0 Å². The maximum Gasteiger partial charge on any atom is 0.261 e. The Bertz CT molecular complexity index is 1430. The number of nitrogens with one attached hydrogen (secondary N) is 3. The fraction of sp³-hybridized carbons (Fsp3) is 0.185. The van der Waals surface area contributed by atoms with Crippen molar-refractivity contribution in [2.24, 2.45) is 0 Å². The summed E-state index contributed by atoms with van der Waals surface area (Å²) in [4.78, 5) is 23.9. The first kappa shape index (κ1) is 24.2. The van der Waals surface area contributed by atoms with Crippen LogP contribution in [0.25, 0.3) is 11.6 Å². The van der Waals surface area contributed by atoms with Gasteiger partial charge in [0.15, 0.2) is 0 Å². The van der Waals surface area contributed by atoms with Gasteiger partial charge in [0.25, 0.3) is 15.9 Å². The zero-order valence-electron chi connectivity index (χ0n) is 20.0. The summed E-state index contributed by atoms with van der Waals surface area (Å²) in [7, 11) is -3.87. The van der Waals surface area contributed by atoms with E-state index in [2.05, 4.69) is 36.1 Å². The average Bonchev–Trinajstić information content (AvgIpc) is 3.08. The van der Waals surface area contributed by atoms with E-state index < -0.39 is 10.0 Å². The van der Waals surface area contributed by atoms with Crippen LogP contribution in [0.3, 0.4) is 0 Å². The third kappa shape index (κ3) is 5.44. The molecule has 3 aromatic carbocycles. The predicted octanol–water partition coefficient (Wildman–Crippen LogP) is 5.24. The quantitative estimate of drug-likeness (QED) is 0.427. The van der Waals surface area contributed by atoms with Gasteiger partial charge in [-0.25, -0.2) is 8.42 Å². The van der Waals surface area contributed by atoms with Crippen molar-refractivity contribution in [3.63, 3.8) is 0 Å². The van der Waals surface area contributed by atoms with E-state index in [0.717, 1.165) is 11.1 Å². The van der Waals surface area contributed by atoms with Gasteiger partial charge in [-0.2, -0.15) is 0 Å². The lowest BCUT2D eigenvalue weighted by atomic mass is 9.87. The Morgan fingerprint density at radius 2 is 1.54 bits per heavy atom. The highest BCUT2D eigenvalue weighted by molar-refractivity contribution is 7.92. The molecule has 0 radical (unpaired) electrons. The van der Waals surface area contributed by atoms with Crippen LogP contribution in [0.1, 0.15) is 44.4 Å². The number of amides is 2. The molecular formula is C27H27N3O4S. The van der Waals surface area contributed by atoms with E-state index in [1.807, 2.05) is 12.1 Å². The molecular weight excluding hydrogens is 462 g/mol. The van der Waals surface area contributed by atoms with E-state index in [0.29, 0.717) is 28.2 Å². The average molecular weight is 490 g/mol. The maximum atomic E-state index is 13.1. The van der Waals surface area contributed by atoms with Crippen molar-refractivity contribution in [1.29, 1.82) is 0 Å². The zero-order chi connectivity index (χ0) is 25.4. The Morgan fingerprint density at radius 3 is 2.14 bits per heavy atom. The van der Waals surface area contributed by atoms with Gasteiger partial charge >= 0.3 is 0 Å². The Balaban J connectivity index is 1.61.